The molecule has 1 atom stereocenters. The molecule has 1 amide bonds. The molecule has 2 fully saturated rings. The number of nitrogens with zero attached hydrogens (tertiary/aromatic N) is 1. The third-order valence-electron chi connectivity index (χ3n) is 5.13. The summed E-state index contributed by atoms with van der Waals surface area (Å²) in [5, 5.41) is 9.62. The SMILES string of the molecule is C1CCOC1.C=CC(=O)N1CCC(OC)C1.N/C(=C\c1cc[nH]c1N)c1ccccc1O. The van der Waals surface area contributed by atoms with E-state index in [0.29, 0.717) is 23.6 Å². The van der Waals surface area contributed by atoms with E-state index in [0.717, 1.165) is 31.7 Å². The Hall–Kier alpha value is -3.23. The Bertz CT molecular complexity index is 882. The fraction of sp³-hybridized carbons (Fsp3) is 0.375. The number of nitrogen functional groups attached to an aromatic ring is 1. The van der Waals surface area contributed by atoms with Gasteiger partial charge in [0.25, 0.3) is 0 Å². The van der Waals surface area contributed by atoms with E-state index >= 15 is 0 Å². The van der Waals surface area contributed by atoms with E-state index in [9.17, 15) is 9.90 Å². The number of hydrogen-bond acceptors (Lipinski definition) is 6. The van der Waals surface area contributed by atoms with E-state index in [1.165, 1.54) is 18.9 Å². The lowest BCUT2D eigenvalue weighted by Crippen LogP contribution is -2.27. The number of para-hydroxylation sites is 1. The van der Waals surface area contributed by atoms with Crippen LogP contribution in [0.25, 0.3) is 11.8 Å². The number of amides is 1. The highest BCUT2D eigenvalue weighted by Gasteiger charge is 2.23. The van der Waals surface area contributed by atoms with Crippen molar-refractivity contribution in [1.29, 1.82) is 0 Å². The molecule has 8 heteroatoms. The number of carbonyl (C=O) groups is 1. The Morgan fingerprint density at radius 1 is 1.31 bits per heavy atom. The van der Waals surface area contributed by atoms with Crippen LogP contribution in [0.1, 0.15) is 30.4 Å². The topological polar surface area (TPSA) is 127 Å². The second-order valence-electron chi connectivity index (χ2n) is 7.42. The number of carbonyl (C=O) groups excluding carboxylic acids is 1. The average molecular weight is 443 g/mol. The maximum Gasteiger partial charge on any atom is 0.246 e. The number of aromatic amines is 1. The number of nitrogens with two attached hydrogens (primary N) is 2. The standard InChI is InChI=1S/C12H13N3O.C8H13NO2.C4H8O/c13-10(7-8-5-6-15-12(8)14)9-3-1-2-4-11(9)16;1-3-8(10)9-5-4-7(6-9)11-2;1-2-4-5-3-1/h1-7,15-16H,13-14H2;3,7H,1,4-6H2,2H3;1-4H2/b10-7-;;. The predicted molar refractivity (Wildman–Crippen MR) is 128 cm³/mol. The maximum atomic E-state index is 11.0. The Balaban J connectivity index is 0.000000195. The minimum atomic E-state index is 0.00421. The van der Waals surface area contributed by atoms with Gasteiger partial charge in [-0.05, 0) is 49.6 Å². The Kier molecular flexibility index (Phi) is 10.4. The van der Waals surface area contributed by atoms with Crippen molar-refractivity contribution >= 4 is 23.5 Å². The van der Waals surface area contributed by atoms with Gasteiger partial charge in [-0.1, -0.05) is 18.7 Å². The van der Waals surface area contributed by atoms with E-state index in [-0.39, 0.29) is 17.8 Å². The number of ether oxygens (including phenoxy) is 2. The molecule has 3 heterocycles. The number of H-pyrrole nitrogens is 1. The van der Waals surface area contributed by atoms with Crippen LogP contribution >= 0.6 is 0 Å². The molecule has 32 heavy (non-hydrogen) atoms. The van der Waals surface area contributed by atoms with Gasteiger partial charge in [0, 0.05) is 56.4 Å². The Labute approximate surface area is 189 Å². The highest BCUT2D eigenvalue weighted by atomic mass is 16.5. The highest BCUT2D eigenvalue weighted by Crippen LogP contribution is 2.24. The molecule has 174 valence electrons. The predicted octanol–water partition coefficient (Wildman–Crippen LogP) is 2.98. The fourth-order valence-electron chi connectivity index (χ4n) is 3.24. The number of anilines is 1. The molecular formula is C24H34N4O4. The lowest BCUT2D eigenvalue weighted by atomic mass is 10.1. The first kappa shape index (κ1) is 25.0. The summed E-state index contributed by atoms with van der Waals surface area (Å²) in [6.07, 6.45) is 8.52. The molecule has 0 saturated carbocycles. The smallest absolute Gasteiger partial charge is 0.246 e. The van der Waals surface area contributed by atoms with Gasteiger partial charge >= 0.3 is 0 Å². The quantitative estimate of drug-likeness (QED) is 0.539. The van der Waals surface area contributed by atoms with Crippen molar-refractivity contribution in [3.63, 3.8) is 0 Å². The van der Waals surface area contributed by atoms with Gasteiger partial charge in [-0.2, -0.15) is 0 Å². The average Bonchev–Trinajstić information content (AvgIpc) is 3.58. The molecule has 1 aromatic heterocycles. The van der Waals surface area contributed by atoms with Crippen LogP contribution < -0.4 is 11.5 Å². The van der Waals surface area contributed by atoms with Gasteiger partial charge in [-0.15, -0.1) is 0 Å². The van der Waals surface area contributed by atoms with Gasteiger partial charge in [0.1, 0.15) is 11.6 Å². The minimum absolute atomic E-state index is 0.00421. The zero-order valence-corrected chi connectivity index (χ0v) is 18.6. The summed E-state index contributed by atoms with van der Waals surface area (Å²) in [5.74, 6) is 0.716. The minimum Gasteiger partial charge on any atom is -0.507 e. The number of hydrogen-bond donors (Lipinski definition) is 4. The maximum absolute atomic E-state index is 11.0. The van der Waals surface area contributed by atoms with E-state index in [1.807, 2.05) is 12.1 Å². The molecule has 1 aromatic carbocycles. The van der Waals surface area contributed by atoms with Crippen LogP contribution in [0.15, 0.2) is 49.2 Å². The van der Waals surface area contributed by atoms with Crippen LogP contribution in [-0.4, -0.2) is 60.4 Å². The molecule has 8 nitrogen and oxygen atoms in total. The number of aromatic hydroxyl groups is 1. The lowest BCUT2D eigenvalue weighted by molar-refractivity contribution is -0.125. The van der Waals surface area contributed by atoms with Gasteiger partial charge in [0.05, 0.1) is 6.10 Å². The zero-order chi connectivity index (χ0) is 23.3. The van der Waals surface area contributed by atoms with Crippen molar-refractivity contribution in [2.45, 2.75) is 25.4 Å². The molecule has 0 radical (unpaired) electrons. The summed E-state index contributed by atoms with van der Waals surface area (Å²) in [7, 11) is 1.67. The number of likely N-dealkylation sites (tertiary alicyclic amines) is 1. The normalized spacial score (nSPS) is 17.7. The molecule has 2 aromatic rings. The molecule has 2 saturated heterocycles. The zero-order valence-electron chi connectivity index (χ0n) is 18.6. The van der Waals surface area contributed by atoms with Crippen LogP contribution in [0.2, 0.25) is 0 Å². The van der Waals surface area contributed by atoms with E-state index < -0.39 is 0 Å². The van der Waals surface area contributed by atoms with Gasteiger partial charge in [-0.3, -0.25) is 4.79 Å². The second-order valence-corrected chi connectivity index (χ2v) is 7.42. The first-order valence-corrected chi connectivity index (χ1v) is 10.7. The number of phenols is 1. The number of methoxy groups -OCH3 is 1. The summed E-state index contributed by atoms with van der Waals surface area (Å²) >= 11 is 0. The number of benzene rings is 1. The van der Waals surface area contributed by atoms with Gasteiger partial charge in [0.15, 0.2) is 0 Å². The Morgan fingerprint density at radius 2 is 2.03 bits per heavy atom. The number of phenolic OH excluding ortho intramolecular Hbond substituents is 1. The number of nitrogens with one attached hydrogen (secondary N) is 1. The van der Waals surface area contributed by atoms with Crippen molar-refractivity contribution < 1.29 is 19.4 Å². The largest absolute Gasteiger partial charge is 0.507 e. The third-order valence-corrected chi connectivity index (χ3v) is 5.13. The molecule has 0 aliphatic carbocycles. The fourth-order valence-corrected chi connectivity index (χ4v) is 3.24. The van der Waals surface area contributed by atoms with Crippen LogP contribution in [0, 0.1) is 0 Å². The molecular weight excluding hydrogens is 408 g/mol. The van der Waals surface area contributed by atoms with Crippen LogP contribution in [0.5, 0.6) is 5.75 Å². The molecule has 2 aliphatic rings. The van der Waals surface area contributed by atoms with Gasteiger partial charge in [0.2, 0.25) is 5.91 Å². The summed E-state index contributed by atoms with van der Waals surface area (Å²) in [5.41, 5.74) is 13.5. The molecule has 1 unspecified atom stereocenters. The second kappa shape index (κ2) is 13.2. The van der Waals surface area contributed by atoms with Crippen molar-refractivity contribution in [2.75, 3.05) is 39.1 Å². The van der Waals surface area contributed by atoms with Crippen LogP contribution in [0.3, 0.4) is 0 Å². The van der Waals surface area contributed by atoms with Crippen molar-refractivity contribution in [1.82, 2.24) is 9.88 Å². The number of aromatic nitrogens is 1. The van der Waals surface area contributed by atoms with E-state index in [4.69, 9.17) is 20.9 Å². The summed E-state index contributed by atoms with van der Waals surface area (Å²) in [6, 6.07) is 8.73. The Morgan fingerprint density at radius 3 is 2.53 bits per heavy atom. The summed E-state index contributed by atoms with van der Waals surface area (Å²) < 4.78 is 10.1. The third kappa shape index (κ3) is 7.79. The number of rotatable bonds is 4. The van der Waals surface area contributed by atoms with Crippen LogP contribution in [0.4, 0.5) is 5.82 Å². The monoisotopic (exact) mass is 442 g/mol. The molecule has 2 aliphatic heterocycles. The molecule has 0 bridgehead atoms. The molecule has 4 rings (SSSR count). The van der Waals surface area contributed by atoms with Crippen molar-refractivity contribution in [3.05, 3.63) is 60.3 Å². The van der Waals surface area contributed by atoms with Gasteiger partial charge in [-0.25, -0.2) is 0 Å². The molecule has 6 N–H and O–H groups in total. The highest BCUT2D eigenvalue weighted by molar-refractivity contribution is 5.87. The van der Waals surface area contributed by atoms with E-state index in [1.54, 1.807) is 42.5 Å². The first-order chi connectivity index (χ1) is 15.5. The van der Waals surface area contributed by atoms with E-state index in [2.05, 4.69) is 11.6 Å². The van der Waals surface area contributed by atoms with Crippen LogP contribution in [-0.2, 0) is 14.3 Å². The lowest BCUT2D eigenvalue weighted by Gasteiger charge is -2.12. The van der Waals surface area contributed by atoms with Gasteiger partial charge < -0.3 is 35.9 Å². The van der Waals surface area contributed by atoms with Crippen molar-refractivity contribution in [3.8, 4) is 5.75 Å². The van der Waals surface area contributed by atoms with Crippen molar-refractivity contribution in [2.24, 2.45) is 5.73 Å². The summed E-state index contributed by atoms with van der Waals surface area (Å²) in [6.45, 7) is 6.93. The summed E-state index contributed by atoms with van der Waals surface area (Å²) in [4.78, 5) is 15.6. The molecule has 0 spiro atoms. The first-order valence-electron chi connectivity index (χ1n) is 10.7.